The molecule has 0 aliphatic rings. The van der Waals surface area contributed by atoms with Gasteiger partial charge in [-0.25, -0.2) is 0 Å². The maximum absolute atomic E-state index is 12.3. The summed E-state index contributed by atoms with van der Waals surface area (Å²) in [5.41, 5.74) is 1.94. The normalized spacial score (nSPS) is 10.4. The first kappa shape index (κ1) is 16.3. The monoisotopic (exact) mass is 281 g/mol. The lowest BCUT2D eigenvalue weighted by Crippen LogP contribution is -2.32. The van der Waals surface area contributed by atoms with E-state index in [-0.39, 0.29) is 11.5 Å². The van der Waals surface area contributed by atoms with Gasteiger partial charge in [0.2, 0.25) is 0 Å². The first-order valence-electron chi connectivity index (χ1n) is 6.57. The fraction of sp³-hybridized carbons (Fsp3) is 0.176. The van der Waals surface area contributed by atoms with Crippen molar-refractivity contribution in [3.63, 3.8) is 0 Å². The second kappa shape index (κ2) is 8.39. The third-order valence-corrected chi connectivity index (χ3v) is 2.85. The predicted octanol–water partition coefficient (Wildman–Crippen LogP) is 3.02. The number of nitrogens with zero attached hydrogens (tertiary/aromatic N) is 2. The molecule has 1 rings (SSSR count). The van der Waals surface area contributed by atoms with E-state index in [1.807, 2.05) is 37.3 Å². The Morgan fingerprint density at radius 1 is 1.33 bits per heavy atom. The maximum atomic E-state index is 12.3. The molecular formula is C17H19N3O. The van der Waals surface area contributed by atoms with E-state index in [1.54, 1.807) is 12.2 Å². The number of rotatable bonds is 7. The number of benzene rings is 1. The maximum Gasteiger partial charge on any atom is 0.266 e. The second-order valence-electron chi connectivity index (χ2n) is 4.42. The van der Waals surface area contributed by atoms with Gasteiger partial charge in [0.25, 0.3) is 5.91 Å². The summed E-state index contributed by atoms with van der Waals surface area (Å²) in [5, 5.41) is 12.2. The Morgan fingerprint density at radius 3 is 2.48 bits per heavy atom. The van der Waals surface area contributed by atoms with Gasteiger partial charge in [0, 0.05) is 25.0 Å². The number of nitriles is 1. The van der Waals surface area contributed by atoms with Crippen molar-refractivity contribution in [2.75, 3.05) is 18.4 Å². The zero-order valence-electron chi connectivity index (χ0n) is 12.2. The quantitative estimate of drug-likeness (QED) is 0.475. The minimum absolute atomic E-state index is 0.0435. The molecule has 108 valence electrons. The van der Waals surface area contributed by atoms with Gasteiger partial charge in [-0.3, -0.25) is 4.79 Å². The van der Waals surface area contributed by atoms with Gasteiger partial charge in [0.05, 0.1) is 0 Å². The van der Waals surface area contributed by atoms with E-state index >= 15 is 0 Å². The largest absolute Gasteiger partial charge is 0.360 e. The zero-order chi connectivity index (χ0) is 15.7. The van der Waals surface area contributed by atoms with Crippen LogP contribution in [-0.4, -0.2) is 23.9 Å². The number of para-hydroxylation sites is 1. The van der Waals surface area contributed by atoms with Crippen LogP contribution < -0.4 is 5.32 Å². The lowest BCUT2D eigenvalue weighted by atomic mass is 10.2. The fourth-order valence-electron chi connectivity index (χ4n) is 1.75. The molecule has 0 unspecified atom stereocenters. The Labute approximate surface area is 125 Å². The lowest BCUT2D eigenvalue weighted by molar-refractivity contribution is -0.125. The highest BCUT2D eigenvalue weighted by Gasteiger charge is 2.16. The Kier molecular flexibility index (Phi) is 6.49. The van der Waals surface area contributed by atoms with Gasteiger partial charge in [-0.05, 0) is 18.6 Å². The standard InChI is InChI=1S/C17H19N3O/c1-4-10-20(11-5-2)17(21)15(12-18)13-19-16-9-7-6-8-14(16)3/h4-9,13,19H,1-2,10-11H2,3H3/b15-13-. The molecule has 21 heavy (non-hydrogen) atoms. The van der Waals surface area contributed by atoms with Gasteiger partial charge in [-0.15, -0.1) is 13.2 Å². The van der Waals surface area contributed by atoms with Crippen molar-refractivity contribution in [1.82, 2.24) is 4.90 Å². The van der Waals surface area contributed by atoms with Gasteiger partial charge in [-0.1, -0.05) is 30.4 Å². The third-order valence-electron chi connectivity index (χ3n) is 2.85. The SMILES string of the molecule is C=CCN(CC=C)C(=O)/C(C#N)=C\Nc1ccccc1C. The molecule has 0 aliphatic carbocycles. The number of nitrogens with one attached hydrogen (secondary N) is 1. The van der Waals surface area contributed by atoms with Crippen LogP contribution in [0.5, 0.6) is 0 Å². The van der Waals surface area contributed by atoms with Crippen LogP contribution in [0.1, 0.15) is 5.56 Å². The average molecular weight is 281 g/mol. The number of aryl methyl sites for hydroxylation is 1. The van der Waals surface area contributed by atoms with Crippen molar-refractivity contribution < 1.29 is 4.79 Å². The molecule has 0 aromatic heterocycles. The highest BCUT2D eigenvalue weighted by Crippen LogP contribution is 2.14. The Bertz CT molecular complexity index is 586. The molecule has 0 atom stereocenters. The van der Waals surface area contributed by atoms with Gasteiger partial charge in [0.15, 0.2) is 0 Å². The highest BCUT2D eigenvalue weighted by atomic mass is 16.2. The van der Waals surface area contributed by atoms with Crippen LogP contribution in [-0.2, 0) is 4.79 Å². The van der Waals surface area contributed by atoms with Crippen LogP contribution >= 0.6 is 0 Å². The van der Waals surface area contributed by atoms with Crippen molar-refractivity contribution in [3.05, 3.63) is 66.9 Å². The molecule has 1 aromatic rings. The first-order chi connectivity index (χ1) is 10.1. The van der Waals surface area contributed by atoms with E-state index in [4.69, 9.17) is 0 Å². The van der Waals surface area contributed by atoms with Crippen LogP contribution in [0.3, 0.4) is 0 Å². The number of carbonyl (C=O) groups excluding carboxylic acids is 1. The summed E-state index contributed by atoms with van der Waals surface area (Å²) in [6.07, 6.45) is 4.67. The summed E-state index contributed by atoms with van der Waals surface area (Å²) in [4.78, 5) is 13.8. The average Bonchev–Trinajstić information content (AvgIpc) is 2.49. The molecule has 0 fully saturated rings. The van der Waals surface area contributed by atoms with Crippen LogP contribution in [0.2, 0.25) is 0 Å². The smallest absolute Gasteiger partial charge is 0.266 e. The number of anilines is 1. The molecule has 4 heteroatoms. The molecular weight excluding hydrogens is 262 g/mol. The van der Waals surface area contributed by atoms with Gasteiger partial charge < -0.3 is 10.2 Å². The summed E-state index contributed by atoms with van der Waals surface area (Å²) in [5.74, 6) is -0.349. The van der Waals surface area contributed by atoms with E-state index in [0.717, 1.165) is 11.3 Å². The van der Waals surface area contributed by atoms with Crippen molar-refractivity contribution in [2.45, 2.75) is 6.92 Å². The van der Waals surface area contributed by atoms with Crippen LogP contribution in [0.15, 0.2) is 61.3 Å². The van der Waals surface area contributed by atoms with Gasteiger partial charge in [0.1, 0.15) is 11.6 Å². The van der Waals surface area contributed by atoms with Crippen molar-refractivity contribution in [1.29, 1.82) is 5.26 Å². The minimum atomic E-state index is -0.349. The first-order valence-corrected chi connectivity index (χ1v) is 6.57. The molecule has 0 radical (unpaired) electrons. The molecule has 0 saturated heterocycles. The number of amides is 1. The topological polar surface area (TPSA) is 56.1 Å². The third kappa shape index (κ3) is 4.66. The fourth-order valence-corrected chi connectivity index (χ4v) is 1.75. The molecule has 0 saturated carbocycles. The Morgan fingerprint density at radius 2 is 1.95 bits per heavy atom. The number of carbonyl (C=O) groups is 1. The molecule has 1 aromatic carbocycles. The van der Waals surface area contributed by atoms with Crippen molar-refractivity contribution in [3.8, 4) is 6.07 Å². The minimum Gasteiger partial charge on any atom is -0.360 e. The van der Waals surface area contributed by atoms with Crippen LogP contribution in [0.4, 0.5) is 5.69 Å². The van der Waals surface area contributed by atoms with E-state index < -0.39 is 0 Å². The number of hydrogen-bond acceptors (Lipinski definition) is 3. The summed E-state index contributed by atoms with van der Waals surface area (Å²) in [6, 6.07) is 9.58. The van der Waals surface area contributed by atoms with Crippen LogP contribution in [0, 0.1) is 18.3 Å². The lowest BCUT2D eigenvalue weighted by Gasteiger charge is -2.18. The Balaban J connectivity index is 2.91. The van der Waals surface area contributed by atoms with Gasteiger partial charge in [-0.2, -0.15) is 5.26 Å². The summed E-state index contributed by atoms with van der Waals surface area (Å²) in [6.45, 7) is 9.91. The molecule has 0 heterocycles. The molecule has 1 amide bonds. The summed E-state index contributed by atoms with van der Waals surface area (Å²) in [7, 11) is 0. The van der Waals surface area contributed by atoms with Crippen LogP contribution in [0.25, 0.3) is 0 Å². The van der Waals surface area contributed by atoms with Crippen molar-refractivity contribution in [2.24, 2.45) is 0 Å². The Hall–Kier alpha value is -2.80. The highest BCUT2D eigenvalue weighted by molar-refractivity contribution is 5.97. The van der Waals surface area contributed by atoms with Crippen molar-refractivity contribution >= 4 is 11.6 Å². The van der Waals surface area contributed by atoms with E-state index in [1.165, 1.54) is 11.1 Å². The molecule has 1 N–H and O–H groups in total. The van der Waals surface area contributed by atoms with E-state index in [2.05, 4.69) is 18.5 Å². The summed E-state index contributed by atoms with van der Waals surface area (Å²) >= 11 is 0. The van der Waals surface area contributed by atoms with E-state index in [0.29, 0.717) is 13.1 Å². The second-order valence-corrected chi connectivity index (χ2v) is 4.42. The van der Waals surface area contributed by atoms with E-state index in [9.17, 15) is 10.1 Å². The summed E-state index contributed by atoms with van der Waals surface area (Å²) < 4.78 is 0. The molecule has 0 spiro atoms. The molecule has 0 aliphatic heterocycles. The number of hydrogen-bond donors (Lipinski definition) is 1. The predicted molar refractivity (Wildman–Crippen MR) is 85.5 cm³/mol. The van der Waals surface area contributed by atoms with Gasteiger partial charge >= 0.3 is 0 Å². The molecule has 4 nitrogen and oxygen atoms in total. The zero-order valence-corrected chi connectivity index (χ0v) is 12.2. The molecule has 0 bridgehead atoms.